The summed E-state index contributed by atoms with van der Waals surface area (Å²) in [6.07, 6.45) is 0. The molecule has 0 unspecified atom stereocenters. The second-order valence-corrected chi connectivity index (χ2v) is 13.1. The van der Waals surface area contributed by atoms with Gasteiger partial charge >= 0.3 is 0 Å². The molecule has 0 saturated heterocycles. The highest BCUT2D eigenvalue weighted by Gasteiger charge is 2.37. The molecule has 0 aliphatic carbocycles. The number of benzene rings is 2. The molecule has 0 heterocycles. The van der Waals surface area contributed by atoms with Gasteiger partial charge in [0.05, 0.1) is 5.94 Å². The normalized spacial score (nSPS) is 11.7. The summed E-state index contributed by atoms with van der Waals surface area (Å²) in [7, 11) is -1.70. The lowest BCUT2D eigenvalue weighted by Gasteiger charge is -2.36. The van der Waals surface area contributed by atoms with Crippen molar-refractivity contribution >= 4 is 20.1 Å². The summed E-state index contributed by atoms with van der Waals surface area (Å²) in [5.74, 6) is 7.21. The summed E-state index contributed by atoms with van der Waals surface area (Å²) in [5.41, 5.74) is 2.10. The monoisotopic (exact) mass is 354 g/mol. The minimum absolute atomic E-state index is 0.236. The zero-order chi connectivity index (χ0) is 17.6. The third kappa shape index (κ3) is 5.27. The van der Waals surface area contributed by atoms with Crippen molar-refractivity contribution in [3.05, 3.63) is 65.7 Å². The summed E-state index contributed by atoms with van der Waals surface area (Å²) in [6.45, 7) is 11.4. The maximum Gasteiger partial charge on any atom is 0.193 e. The molecule has 0 bridgehead atoms. The molecule has 2 aromatic carbocycles. The van der Waals surface area contributed by atoms with Gasteiger partial charge in [0.2, 0.25) is 0 Å². The third-order valence-corrected chi connectivity index (χ3v) is 10.0. The fraction of sp³-hybridized carbons (Fsp3) is 0.333. The van der Waals surface area contributed by atoms with Crippen molar-refractivity contribution in [3.8, 4) is 11.8 Å². The topological polar surface area (TPSA) is 9.23 Å². The van der Waals surface area contributed by atoms with E-state index in [4.69, 9.17) is 4.43 Å². The predicted octanol–water partition coefficient (Wildman–Crippen LogP) is 6.16. The lowest BCUT2D eigenvalue weighted by atomic mass is 10.2. The molecule has 0 fully saturated rings. The van der Waals surface area contributed by atoms with Crippen molar-refractivity contribution in [3.63, 3.8) is 0 Å². The molecular formula is C21H26OSSi. The van der Waals surface area contributed by atoms with E-state index in [1.165, 1.54) is 4.90 Å². The third-order valence-electron chi connectivity index (χ3n) is 4.44. The van der Waals surface area contributed by atoms with Crippen molar-refractivity contribution < 1.29 is 4.43 Å². The van der Waals surface area contributed by atoms with E-state index in [1.807, 2.05) is 36.4 Å². The summed E-state index contributed by atoms with van der Waals surface area (Å²) in [4.78, 5) is 1.18. The van der Waals surface area contributed by atoms with Gasteiger partial charge in [0.1, 0.15) is 0 Å². The predicted molar refractivity (Wildman–Crippen MR) is 108 cm³/mol. The standard InChI is InChI=1S/C21H26OSSi/c1-21(2,3)24(4,5)22-17-23-20-14-10-9-13-19(20)16-15-18-11-7-6-8-12-18/h6-14H,17H2,1-5H3. The average Bonchev–Trinajstić information content (AvgIpc) is 2.54. The van der Waals surface area contributed by atoms with Crippen molar-refractivity contribution in [2.24, 2.45) is 0 Å². The fourth-order valence-corrected chi connectivity index (χ4v) is 4.24. The molecule has 0 saturated carbocycles. The van der Waals surface area contributed by atoms with E-state index >= 15 is 0 Å². The number of hydrogen-bond acceptors (Lipinski definition) is 2. The Hall–Kier alpha value is -1.47. The van der Waals surface area contributed by atoms with E-state index in [2.05, 4.69) is 63.9 Å². The number of rotatable bonds is 4. The molecule has 1 nitrogen and oxygen atoms in total. The van der Waals surface area contributed by atoms with Crippen LogP contribution in [0, 0.1) is 11.8 Å². The van der Waals surface area contributed by atoms with Crippen LogP contribution in [0.2, 0.25) is 18.1 Å². The van der Waals surface area contributed by atoms with Crippen molar-refractivity contribution in [2.75, 3.05) is 5.94 Å². The first-order valence-corrected chi connectivity index (χ1v) is 12.1. The molecule has 0 aromatic heterocycles. The van der Waals surface area contributed by atoms with Gasteiger partial charge in [-0.25, -0.2) is 0 Å². The summed E-state index contributed by atoms with van der Waals surface area (Å²) >= 11 is 1.74. The molecule has 0 spiro atoms. The smallest absolute Gasteiger partial charge is 0.193 e. The van der Waals surface area contributed by atoms with Crippen LogP contribution in [0.15, 0.2) is 59.5 Å². The van der Waals surface area contributed by atoms with E-state index < -0.39 is 8.32 Å². The van der Waals surface area contributed by atoms with E-state index in [1.54, 1.807) is 11.8 Å². The first-order chi connectivity index (χ1) is 11.3. The van der Waals surface area contributed by atoms with Crippen LogP contribution in [0.25, 0.3) is 0 Å². The fourth-order valence-electron chi connectivity index (χ4n) is 1.81. The van der Waals surface area contributed by atoms with Crippen LogP contribution in [0.5, 0.6) is 0 Å². The summed E-state index contributed by atoms with van der Waals surface area (Å²) < 4.78 is 6.27. The molecule has 0 radical (unpaired) electrons. The van der Waals surface area contributed by atoms with Crippen LogP contribution in [-0.2, 0) is 4.43 Å². The molecule has 2 rings (SSSR count). The average molecular weight is 355 g/mol. The highest BCUT2D eigenvalue weighted by atomic mass is 32.2. The highest BCUT2D eigenvalue weighted by molar-refractivity contribution is 7.99. The largest absolute Gasteiger partial charge is 0.407 e. The van der Waals surface area contributed by atoms with E-state index in [9.17, 15) is 0 Å². The maximum atomic E-state index is 6.27. The molecule has 0 N–H and O–H groups in total. The van der Waals surface area contributed by atoms with Crippen LogP contribution >= 0.6 is 11.8 Å². The molecule has 126 valence electrons. The van der Waals surface area contributed by atoms with Crippen LogP contribution in [0.4, 0.5) is 0 Å². The molecule has 0 aliphatic rings. The van der Waals surface area contributed by atoms with Crippen LogP contribution in [-0.4, -0.2) is 14.3 Å². The van der Waals surface area contributed by atoms with Gasteiger partial charge < -0.3 is 4.43 Å². The van der Waals surface area contributed by atoms with E-state index in [0.717, 1.165) is 11.1 Å². The van der Waals surface area contributed by atoms with E-state index in [0.29, 0.717) is 5.94 Å². The van der Waals surface area contributed by atoms with Gasteiger partial charge in [0.15, 0.2) is 8.32 Å². The Morgan fingerprint density at radius 2 is 1.54 bits per heavy atom. The minimum atomic E-state index is -1.70. The van der Waals surface area contributed by atoms with Gasteiger partial charge in [-0.2, -0.15) is 0 Å². The lowest BCUT2D eigenvalue weighted by molar-refractivity contribution is 0.354. The molecular weight excluding hydrogens is 328 g/mol. The Balaban J connectivity index is 2.06. The maximum absolute atomic E-state index is 6.27. The Kier molecular flexibility index (Phi) is 6.34. The van der Waals surface area contributed by atoms with Gasteiger partial charge in [-0.15, -0.1) is 0 Å². The molecule has 0 amide bonds. The zero-order valence-electron chi connectivity index (χ0n) is 15.2. The van der Waals surface area contributed by atoms with Crippen molar-refractivity contribution in [1.82, 2.24) is 0 Å². The Labute approximate surface area is 152 Å². The first kappa shape index (κ1) is 18.9. The van der Waals surface area contributed by atoms with Gasteiger partial charge in [0, 0.05) is 16.0 Å². The van der Waals surface area contributed by atoms with Crippen LogP contribution in [0.3, 0.4) is 0 Å². The van der Waals surface area contributed by atoms with Crippen LogP contribution in [0.1, 0.15) is 31.9 Å². The quantitative estimate of drug-likeness (QED) is 0.281. The summed E-state index contributed by atoms with van der Waals surface area (Å²) in [5, 5.41) is 0.236. The van der Waals surface area contributed by atoms with Gasteiger partial charge in [-0.3, -0.25) is 0 Å². The first-order valence-electron chi connectivity index (χ1n) is 8.22. The van der Waals surface area contributed by atoms with Crippen molar-refractivity contribution in [1.29, 1.82) is 0 Å². The number of hydrogen-bond donors (Lipinski definition) is 0. The van der Waals surface area contributed by atoms with Crippen molar-refractivity contribution in [2.45, 2.75) is 43.8 Å². The molecule has 0 aliphatic heterocycles. The van der Waals surface area contributed by atoms with Crippen LogP contribution < -0.4 is 0 Å². The number of thioether (sulfide) groups is 1. The SMILES string of the molecule is CC(C)(C)[Si](C)(C)OCSc1ccccc1C#Cc1ccccc1. The Morgan fingerprint density at radius 1 is 0.917 bits per heavy atom. The Morgan fingerprint density at radius 3 is 2.21 bits per heavy atom. The summed E-state index contributed by atoms with van der Waals surface area (Å²) in [6, 6.07) is 18.4. The van der Waals surface area contributed by atoms with Gasteiger partial charge in [-0.05, 0) is 42.4 Å². The Bertz CT molecular complexity index is 721. The second kappa shape index (κ2) is 8.07. The minimum Gasteiger partial charge on any atom is -0.407 e. The molecule has 2 aromatic rings. The second-order valence-electron chi connectivity index (χ2n) is 7.28. The highest BCUT2D eigenvalue weighted by Crippen LogP contribution is 2.37. The lowest BCUT2D eigenvalue weighted by Crippen LogP contribution is -2.40. The molecule has 3 heteroatoms. The van der Waals surface area contributed by atoms with E-state index in [-0.39, 0.29) is 5.04 Å². The van der Waals surface area contributed by atoms with Gasteiger partial charge in [0.25, 0.3) is 0 Å². The molecule has 0 atom stereocenters. The molecule has 24 heavy (non-hydrogen) atoms. The van der Waals surface area contributed by atoms with Gasteiger partial charge in [-0.1, -0.05) is 74.7 Å². The zero-order valence-corrected chi connectivity index (χ0v) is 17.0.